The fourth-order valence-electron chi connectivity index (χ4n) is 1.28. The molecule has 1 aromatic rings. The lowest BCUT2D eigenvalue weighted by atomic mass is 10.2. The first-order valence-electron chi connectivity index (χ1n) is 5.23. The lowest BCUT2D eigenvalue weighted by molar-refractivity contribution is -0.116. The van der Waals surface area contributed by atoms with Crippen LogP contribution in [-0.2, 0) is 4.79 Å². The van der Waals surface area contributed by atoms with Crippen LogP contribution in [0.3, 0.4) is 0 Å². The van der Waals surface area contributed by atoms with Gasteiger partial charge in [-0.3, -0.25) is 4.79 Å². The molecule has 3 amide bonds. The van der Waals surface area contributed by atoms with E-state index in [9.17, 15) is 9.59 Å². The summed E-state index contributed by atoms with van der Waals surface area (Å²) in [4.78, 5) is 22.1. The van der Waals surface area contributed by atoms with Gasteiger partial charge in [0.1, 0.15) is 0 Å². The van der Waals surface area contributed by atoms with Crippen LogP contribution in [0.1, 0.15) is 6.42 Å². The summed E-state index contributed by atoms with van der Waals surface area (Å²) in [6, 6.07) is 6.15. The zero-order chi connectivity index (χ0) is 12.7. The van der Waals surface area contributed by atoms with E-state index in [1.54, 1.807) is 31.3 Å². The summed E-state index contributed by atoms with van der Waals surface area (Å²) in [6.45, 7) is 0.616. The summed E-state index contributed by atoms with van der Waals surface area (Å²) in [7, 11) is 1.78. The quantitative estimate of drug-likeness (QED) is 0.647. The molecule has 0 heterocycles. The summed E-state index contributed by atoms with van der Waals surface area (Å²) < 4.78 is 0. The first kappa shape index (κ1) is 16.2. The van der Waals surface area contributed by atoms with Gasteiger partial charge in [-0.05, 0) is 25.2 Å². The third-order valence-corrected chi connectivity index (χ3v) is 2.02. The zero-order valence-corrected chi connectivity index (χ0v) is 10.8. The van der Waals surface area contributed by atoms with Crippen molar-refractivity contribution in [3.8, 4) is 0 Å². The summed E-state index contributed by atoms with van der Waals surface area (Å²) in [5.41, 5.74) is 6.16. The Hall–Kier alpha value is -1.79. The highest BCUT2D eigenvalue weighted by Gasteiger charge is 2.02. The van der Waals surface area contributed by atoms with E-state index in [0.29, 0.717) is 24.3 Å². The minimum Gasteiger partial charge on any atom is -0.351 e. The number of hydrogen-bond donors (Lipinski definition) is 4. The molecular formula is C11H17ClN4O2. The van der Waals surface area contributed by atoms with Gasteiger partial charge in [-0.15, -0.1) is 12.4 Å². The summed E-state index contributed by atoms with van der Waals surface area (Å²) >= 11 is 0. The zero-order valence-electron chi connectivity index (χ0n) is 10.0. The molecule has 0 unspecified atom stereocenters. The molecule has 100 valence electrons. The Morgan fingerprint density at radius 1 is 1.22 bits per heavy atom. The van der Waals surface area contributed by atoms with Crippen LogP contribution in [0.4, 0.5) is 16.2 Å². The number of carbonyl (C=O) groups excluding carboxylic acids is 2. The number of halogens is 1. The smallest absolute Gasteiger partial charge is 0.316 e. The Balaban J connectivity index is 0.00000289. The molecule has 0 radical (unpaired) electrons. The molecule has 0 atom stereocenters. The number of nitrogens with two attached hydrogens (primary N) is 1. The molecule has 0 aliphatic rings. The number of hydrogen-bond acceptors (Lipinski definition) is 3. The molecule has 0 aliphatic carbocycles. The Kier molecular flexibility index (Phi) is 7.50. The molecule has 0 aromatic heterocycles. The molecule has 0 saturated carbocycles. The van der Waals surface area contributed by atoms with Crippen molar-refractivity contribution in [2.24, 2.45) is 5.73 Å². The van der Waals surface area contributed by atoms with Crippen molar-refractivity contribution < 1.29 is 9.59 Å². The molecule has 1 aromatic carbocycles. The third-order valence-electron chi connectivity index (χ3n) is 2.02. The van der Waals surface area contributed by atoms with Gasteiger partial charge in [0, 0.05) is 24.3 Å². The van der Waals surface area contributed by atoms with Crippen molar-refractivity contribution in [2.45, 2.75) is 6.42 Å². The Labute approximate surface area is 112 Å². The number of primary amides is 1. The molecule has 0 aliphatic heterocycles. The standard InChI is InChI=1S/C11H16N4O2.ClH/c1-13-6-5-10(16)14-8-3-2-4-9(7-8)15-11(12)17;/h2-4,7,13H,5-6H2,1H3,(H,14,16)(H3,12,15,17);1H. The van der Waals surface area contributed by atoms with E-state index in [1.807, 2.05) is 0 Å². The lowest BCUT2D eigenvalue weighted by Gasteiger charge is -2.07. The maximum Gasteiger partial charge on any atom is 0.316 e. The average Bonchev–Trinajstić information content (AvgIpc) is 2.26. The number of amides is 3. The number of urea groups is 1. The highest BCUT2D eigenvalue weighted by Crippen LogP contribution is 2.14. The second kappa shape index (κ2) is 8.32. The van der Waals surface area contributed by atoms with E-state index < -0.39 is 6.03 Å². The van der Waals surface area contributed by atoms with Crippen molar-refractivity contribution in [1.82, 2.24) is 5.32 Å². The molecule has 6 nitrogen and oxygen atoms in total. The van der Waals surface area contributed by atoms with Crippen molar-refractivity contribution in [3.05, 3.63) is 24.3 Å². The van der Waals surface area contributed by atoms with Gasteiger partial charge in [-0.25, -0.2) is 4.79 Å². The topological polar surface area (TPSA) is 96.2 Å². The van der Waals surface area contributed by atoms with Crippen molar-refractivity contribution in [2.75, 3.05) is 24.2 Å². The van der Waals surface area contributed by atoms with E-state index in [4.69, 9.17) is 5.73 Å². The predicted octanol–water partition coefficient (Wildman–Crippen LogP) is 1.15. The van der Waals surface area contributed by atoms with E-state index in [-0.39, 0.29) is 18.3 Å². The second-order valence-electron chi connectivity index (χ2n) is 3.47. The van der Waals surface area contributed by atoms with Crippen molar-refractivity contribution in [1.29, 1.82) is 0 Å². The van der Waals surface area contributed by atoms with Crippen molar-refractivity contribution >= 4 is 35.7 Å². The van der Waals surface area contributed by atoms with Gasteiger partial charge in [-0.1, -0.05) is 6.07 Å². The molecule has 0 fully saturated rings. The van der Waals surface area contributed by atoms with E-state index >= 15 is 0 Å². The predicted molar refractivity (Wildman–Crippen MR) is 74.1 cm³/mol. The lowest BCUT2D eigenvalue weighted by Crippen LogP contribution is -2.20. The number of nitrogens with one attached hydrogen (secondary N) is 3. The molecule has 0 spiro atoms. The average molecular weight is 273 g/mol. The van der Waals surface area contributed by atoms with Gasteiger partial charge in [0.25, 0.3) is 0 Å². The Morgan fingerprint density at radius 2 is 1.83 bits per heavy atom. The Bertz CT molecular complexity index is 412. The molecule has 18 heavy (non-hydrogen) atoms. The van der Waals surface area contributed by atoms with Crippen LogP contribution in [0.25, 0.3) is 0 Å². The first-order valence-corrected chi connectivity index (χ1v) is 5.23. The van der Waals surface area contributed by atoms with Crippen LogP contribution >= 0.6 is 12.4 Å². The molecule has 5 N–H and O–H groups in total. The maximum absolute atomic E-state index is 11.4. The van der Waals surface area contributed by atoms with Gasteiger partial charge in [0.15, 0.2) is 0 Å². The van der Waals surface area contributed by atoms with E-state index in [0.717, 1.165) is 0 Å². The third kappa shape index (κ3) is 6.07. The molecule has 0 bridgehead atoms. The van der Waals surface area contributed by atoms with Gasteiger partial charge < -0.3 is 21.7 Å². The Morgan fingerprint density at radius 3 is 2.39 bits per heavy atom. The minimum atomic E-state index is -0.636. The fraction of sp³-hybridized carbons (Fsp3) is 0.273. The number of anilines is 2. The van der Waals surface area contributed by atoms with E-state index in [2.05, 4.69) is 16.0 Å². The van der Waals surface area contributed by atoms with Crippen LogP contribution in [0, 0.1) is 0 Å². The van der Waals surface area contributed by atoms with Gasteiger partial charge in [-0.2, -0.15) is 0 Å². The number of rotatable bonds is 5. The van der Waals surface area contributed by atoms with Crippen LogP contribution < -0.4 is 21.7 Å². The van der Waals surface area contributed by atoms with Crippen LogP contribution in [0.2, 0.25) is 0 Å². The minimum absolute atomic E-state index is 0. The first-order chi connectivity index (χ1) is 8.11. The van der Waals surface area contributed by atoms with Gasteiger partial charge in [0.2, 0.25) is 5.91 Å². The van der Waals surface area contributed by atoms with E-state index in [1.165, 1.54) is 0 Å². The van der Waals surface area contributed by atoms with Crippen molar-refractivity contribution in [3.63, 3.8) is 0 Å². The van der Waals surface area contributed by atoms with Crippen LogP contribution in [0.5, 0.6) is 0 Å². The van der Waals surface area contributed by atoms with Crippen LogP contribution in [0.15, 0.2) is 24.3 Å². The summed E-state index contributed by atoms with van der Waals surface area (Å²) in [6.07, 6.45) is 0.393. The van der Waals surface area contributed by atoms with Gasteiger partial charge >= 0.3 is 6.03 Å². The highest BCUT2D eigenvalue weighted by molar-refractivity contribution is 5.93. The number of benzene rings is 1. The monoisotopic (exact) mass is 272 g/mol. The second-order valence-corrected chi connectivity index (χ2v) is 3.47. The SMILES string of the molecule is CNCCC(=O)Nc1cccc(NC(N)=O)c1.Cl. The largest absolute Gasteiger partial charge is 0.351 e. The van der Waals surface area contributed by atoms with Crippen LogP contribution in [-0.4, -0.2) is 25.5 Å². The van der Waals surface area contributed by atoms with Gasteiger partial charge in [0.05, 0.1) is 0 Å². The molecule has 0 saturated heterocycles. The normalized spacial score (nSPS) is 9.17. The molecule has 7 heteroatoms. The highest BCUT2D eigenvalue weighted by atomic mass is 35.5. The maximum atomic E-state index is 11.4. The summed E-state index contributed by atoms with van der Waals surface area (Å²) in [5, 5.41) is 8.04. The number of carbonyl (C=O) groups is 2. The molecule has 1 rings (SSSR count). The summed E-state index contributed by atoms with van der Waals surface area (Å²) in [5.74, 6) is -0.0874. The fourth-order valence-corrected chi connectivity index (χ4v) is 1.28. The molecular weight excluding hydrogens is 256 g/mol.